The van der Waals surface area contributed by atoms with Crippen LogP contribution < -0.4 is 5.32 Å². The number of ether oxygens (including phenoxy) is 1. The topological polar surface area (TPSA) is 79.9 Å². The minimum atomic E-state index is -0.282. The molecule has 0 bridgehead atoms. The summed E-state index contributed by atoms with van der Waals surface area (Å²) in [5.41, 5.74) is 4.21. The van der Waals surface area contributed by atoms with Gasteiger partial charge in [-0.05, 0) is 39.3 Å². The number of fused-ring (bicyclic) bond motifs is 1. The van der Waals surface area contributed by atoms with Crippen LogP contribution in [-0.4, -0.2) is 27.5 Å². The van der Waals surface area contributed by atoms with E-state index in [1.165, 1.54) is 6.33 Å². The predicted octanol–water partition coefficient (Wildman–Crippen LogP) is 4.06. The van der Waals surface area contributed by atoms with Crippen LogP contribution in [0.4, 0.5) is 0 Å². The van der Waals surface area contributed by atoms with Crippen molar-refractivity contribution in [3.05, 3.63) is 52.7 Å². The van der Waals surface area contributed by atoms with E-state index < -0.39 is 0 Å². The van der Waals surface area contributed by atoms with Gasteiger partial charge in [0.1, 0.15) is 12.0 Å². The fourth-order valence-corrected chi connectivity index (χ4v) is 2.49. The van der Waals surface area contributed by atoms with Gasteiger partial charge in [-0.15, -0.1) is 0 Å². The third-order valence-corrected chi connectivity index (χ3v) is 3.96. The average Bonchev–Trinajstić information content (AvgIpc) is 3.02. The predicted molar refractivity (Wildman–Crippen MR) is 104 cm³/mol. The van der Waals surface area contributed by atoms with Crippen molar-refractivity contribution < 1.29 is 9.53 Å². The summed E-state index contributed by atoms with van der Waals surface area (Å²) in [7, 11) is 0. The number of H-pyrrole nitrogens is 1. The fourth-order valence-electron chi connectivity index (χ4n) is 2.39. The van der Waals surface area contributed by atoms with Crippen molar-refractivity contribution in [3.63, 3.8) is 0 Å². The van der Waals surface area contributed by atoms with Crippen LogP contribution in [0.5, 0.6) is 0 Å². The van der Waals surface area contributed by atoms with Crippen LogP contribution >= 0.6 is 11.6 Å². The Morgan fingerprint density at radius 1 is 1.38 bits per heavy atom. The summed E-state index contributed by atoms with van der Waals surface area (Å²) in [6.07, 6.45) is 5.17. The lowest BCUT2D eigenvalue weighted by molar-refractivity contribution is -0.116. The smallest absolute Gasteiger partial charge is 0.250 e. The van der Waals surface area contributed by atoms with Crippen molar-refractivity contribution in [1.82, 2.24) is 20.3 Å². The molecule has 2 N–H and O–H groups in total. The number of nitrogens with zero attached hydrogens (tertiary/aromatic N) is 2. The van der Waals surface area contributed by atoms with Gasteiger partial charge in [-0.3, -0.25) is 4.79 Å². The van der Waals surface area contributed by atoms with Crippen LogP contribution in [0.25, 0.3) is 16.6 Å². The summed E-state index contributed by atoms with van der Waals surface area (Å²) in [4.78, 5) is 23.8. The lowest BCUT2D eigenvalue weighted by atomic mass is 10.1. The first kappa shape index (κ1) is 19.9. The zero-order valence-electron chi connectivity index (χ0n) is 15.4. The van der Waals surface area contributed by atoms with E-state index in [1.54, 1.807) is 19.9 Å². The molecular formula is C19H23ClN4O2. The van der Waals surface area contributed by atoms with Gasteiger partial charge in [0.25, 0.3) is 5.91 Å². The number of nitrogens with one attached hydrogen (secondary N) is 2. The van der Waals surface area contributed by atoms with Crippen molar-refractivity contribution in [3.8, 4) is 0 Å². The van der Waals surface area contributed by atoms with Crippen molar-refractivity contribution in [2.75, 3.05) is 6.61 Å². The average molecular weight is 375 g/mol. The van der Waals surface area contributed by atoms with Crippen LogP contribution in [0, 0.1) is 0 Å². The fraction of sp³-hybridized carbons (Fsp3) is 0.316. The molecular weight excluding hydrogens is 352 g/mol. The Balaban J connectivity index is 2.47. The van der Waals surface area contributed by atoms with E-state index in [1.807, 2.05) is 20.0 Å². The Morgan fingerprint density at radius 2 is 2.12 bits per heavy atom. The molecule has 0 unspecified atom stereocenters. The molecule has 0 radical (unpaired) electrons. The first-order valence-electron chi connectivity index (χ1n) is 8.25. The molecule has 0 saturated carbocycles. The molecule has 0 aliphatic heterocycles. The highest BCUT2D eigenvalue weighted by atomic mass is 35.5. The SMILES string of the molecule is C=C(C)C(=O)NC(C=C(C)c1ncnc2[nH]cc(COCC)c12)=C(C)Cl. The van der Waals surface area contributed by atoms with Crippen LogP contribution in [0.2, 0.25) is 0 Å². The maximum absolute atomic E-state index is 11.9. The van der Waals surface area contributed by atoms with Gasteiger partial charge >= 0.3 is 0 Å². The molecule has 138 valence electrons. The van der Waals surface area contributed by atoms with Crippen LogP contribution in [0.15, 0.2) is 41.5 Å². The molecule has 1 amide bonds. The zero-order chi connectivity index (χ0) is 19.3. The van der Waals surface area contributed by atoms with Gasteiger partial charge in [0.15, 0.2) is 0 Å². The minimum absolute atomic E-state index is 0.282. The number of carbonyl (C=O) groups excluding carboxylic acids is 1. The van der Waals surface area contributed by atoms with Gasteiger partial charge in [-0.1, -0.05) is 18.2 Å². The van der Waals surface area contributed by atoms with Gasteiger partial charge in [-0.2, -0.15) is 0 Å². The monoisotopic (exact) mass is 374 g/mol. The van der Waals surface area contributed by atoms with Crippen molar-refractivity contribution in [2.45, 2.75) is 34.3 Å². The number of amides is 1. The number of hydrogen-bond donors (Lipinski definition) is 2. The summed E-state index contributed by atoms with van der Waals surface area (Å²) in [5, 5.41) is 4.13. The second-order valence-corrected chi connectivity index (χ2v) is 6.47. The maximum Gasteiger partial charge on any atom is 0.250 e. The lowest BCUT2D eigenvalue weighted by Crippen LogP contribution is -2.22. The highest BCUT2D eigenvalue weighted by Crippen LogP contribution is 2.26. The van der Waals surface area contributed by atoms with E-state index in [0.717, 1.165) is 27.9 Å². The Labute approximate surface area is 158 Å². The summed E-state index contributed by atoms with van der Waals surface area (Å²) in [6, 6.07) is 0. The van der Waals surface area contributed by atoms with E-state index in [0.29, 0.717) is 29.5 Å². The highest BCUT2D eigenvalue weighted by molar-refractivity contribution is 6.30. The molecule has 0 saturated heterocycles. The maximum atomic E-state index is 11.9. The summed E-state index contributed by atoms with van der Waals surface area (Å²) >= 11 is 6.15. The van der Waals surface area contributed by atoms with Crippen molar-refractivity contribution >= 4 is 34.1 Å². The number of aromatic nitrogens is 3. The Hall–Kier alpha value is -2.44. The van der Waals surface area contributed by atoms with Crippen molar-refractivity contribution in [2.24, 2.45) is 0 Å². The summed E-state index contributed by atoms with van der Waals surface area (Å²) in [6.45, 7) is 11.9. The summed E-state index contributed by atoms with van der Waals surface area (Å²) in [5.74, 6) is -0.282. The second kappa shape index (κ2) is 8.78. The molecule has 2 aromatic rings. The second-order valence-electron chi connectivity index (χ2n) is 5.91. The third kappa shape index (κ3) is 4.59. The molecule has 0 aromatic carbocycles. The first-order chi connectivity index (χ1) is 12.3. The molecule has 2 aromatic heterocycles. The summed E-state index contributed by atoms with van der Waals surface area (Å²) < 4.78 is 5.53. The standard InChI is InChI=1S/C19H23ClN4O2/c1-6-26-9-14-8-21-18-16(14)17(22-10-23-18)12(4)7-15(13(5)20)24-19(25)11(2)3/h7-8,10H,2,6,9H2,1,3-5H3,(H,24,25)(H,21,22,23). The zero-order valence-corrected chi connectivity index (χ0v) is 16.2. The van der Waals surface area contributed by atoms with Gasteiger partial charge in [-0.25, -0.2) is 9.97 Å². The van der Waals surface area contributed by atoms with Crippen LogP contribution in [0.1, 0.15) is 39.0 Å². The molecule has 7 heteroatoms. The van der Waals surface area contributed by atoms with Crippen LogP contribution in [0.3, 0.4) is 0 Å². The number of halogens is 1. The van der Waals surface area contributed by atoms with Crippen molar-refractivity contribution in [1.29, 1.82) is 0 Å². The lowest BCUT2D eigenvalue weighted by Gasteiger charge is -2.10. The molecule has 0 aliphatic carbocycles. The number of allylic oxidation sites excluding steroid dienone is 3. The van der Waals surface area contributed by atoms with Gasteiger partial charge in [0.05, 0.1) is 23.4 Å². The van der Waals surface area contributed by atoms with E-state index >= 15 is 0 Å². The molecule has 26 heavy (non-hydrogen) atoms. The number of aromatic amines is 1. The molecule has 2 rings (SSSR count). The molecule has 0 atom stereocenters. The number of rotatable bonds is 7. The van der Waals surface area contributed by atoms with Gasteiger partial charge < -0.3 is 15.0 Å². The van der Waals surface area contributed by atoms with Gasteiger partial charge in [0, 0.05) is 29.0 Å². The van der Waals surface area contributed by atoms with E-state index in [-0.39, 0.29) is 5.91 Å². The Bertz CT molecular complexity index is 892. The molecule has 6 nitrogen and oxygen atoms in total. The number of carbonyl (C=O) groups is 1. The quantitative estimate of drug-likeness (QED) is 0.565. The highest BCUT2D eigenvalue weighted by Gasteiger charge is 2.14. The van der Waals surface area contributed by atoms with E-state index in [2.05, 4.69) is 26.8 Å². The van der Waals surface area contributed by atoms with Gasteiger partial charge in [0.2, 0.25) is 0 Å². The number of hydrogen-bond acceptors (Lipinski definition) is 4. The largest absolute Gasteiger partial charge is 0.377 e. The molecule has 0 aliphatic rings. The Morgan fingerprint density at radius 3 is 2.73 bits per heavy atom. The first-order valence-corrected chi connectivity index (χ1v) is 8.63. The Kier molecular flexibility index (Phi) is 6.71. The third-order valence-electron chi connectivity index (χ3n) is 3.75. The molecule has 0 spiro atoms. The molecule has 2 heterocycles. The minimum Gasteiger partial charge on any atom is -0.377 e. The normalized spacial score (nSPS) is 12.9. The van der Waals surface area contributed by atoms with Crippen LogP contribution in [-0.2, 0) is 16.1 Å². The van der Waals surface area contributed by atoms with E-state index in [4.69, 9.17) is 16.3 Å². The van der Waals surface area contributed by atoms with E-state index in [9.17, 15) is 4.79 Å². The molecule has 0 fully saturated rings.